The number of nitrogens with one attached hydrogen (secondary N) is 4. The van der Waals surface area contributed by atoms with Gasteiger partial charge in [-0.1, -0.05) is 121 Å². The number of rotatable bonds is 22. The summed E-state index contributed by atoms with van der Waals surface area (Å²) < 4.78 is 10.2. The molecule has 2 aromatic heterocycles. The molecule has 2 aromatic rings. The Morgan fingerprint density at radius 1 is 0.571 bits per heavy atom. The van der Waals surface area contributed by atoms with Crippen LogP contribution in [-0.2, 0) is 49.1 Å². The van der Waals surface area contributed by atoms with Crippen LogP contribution in [0.1, 0.15) is 134 Å². The van der Waals surface area contributed by atoms with E-state index in [2.05, 4.69) is 21.3 Å². The Morgan fingerprint density at radius 3 is 1.09 bits per heavy atom. The molecule has 0 aliphatic rings. The maximum absolute atomic E-state index is 13.8. The number of esters is 2. The van der Waals surface area contributed by atoms with Gasteiger partial charge < -0.3 is 40.5 Å². The summed E-state index contributed by atoms with van der Waals surface area (Å²) in [6.45, 7) is 35.2. The lowest BCUT2D eigenvalue weighted by atomic mass is 9.80. The Bertz CT molecular complexity index is 1920. The summed E-state index contributed by atoms with van der Waals surface area (Å²) in [6.07, 6.45) is 3.55. The standard InChI is InChI=1S/2C27H45N3O4S/c2*1-12-34-25(33)18(4)16-19(17(2)3)30(11)24(32)22(26(5,6)7)29-23(31)21(28-10)27(8,9)20-14-13-15-35-20/h2*13-17,19,21-22,28H,12H2,1-11H3,(H,29,31)/b2*18-16+/t19-,21+,22-;19-,21-,22-/m11/s1. The number of ether oxygens (including phenoxy) is 2. The van der Waals surface area contributed by atoms with E-state index in [9.17, 15) is 28.8 Å². The number of carbonyl (C=O) groups is 6. The molecule has 0 radical (unpaired) electrons. The third-order valence-electron chi connectivity index (χ3n) is 12.6. The van der Waals surface area contributed by atoms with Crippen molar-refractivity contribution in [3.05, 3.63) is 68.1 Å². The zero-order chi connectivity index (χ0) is 54.3. The first kappa shape index (κ1) is 63.6. The van der Waals surface area contributed by atoms with Gasteiger partial charge in [-0.15, -0.1) is 22.7 Å². The number of hydrogen-bond donors (Lipinski definition) is 4. The van der Waals surface area contributed by atoms with E-state index in [1.165, 1.54) is 0 Å². The Morgan fingerprint density at radius 2 is 0.871 bits per heavy atom. The van der Waals surface area contributed by atoms with Crippen LogP contribution in [0.25, 0.3) is 0 Å². The van der Waals surface area contributed by atoms with Gasteiger partial charge in [-0.25, -0.2) is 9.59 Å². The van der Waals surface area contributed by atoms with Crippen LogP contribution in [0.4, 0.5) is 0 Å². The van der Waals surface area contributed by atoms with Crippen LogP contribution in [0.5, 0.6) is 0 Å². The van der Waals surface area contributed by atoms with Crippen LogP contribution in [0.2, 0.25) is 0 Å². The van der Waals surface area contributed by atoms with Crippen molar-refractivity contribution in [2.75, 3.05) is 41.4 Å². The summed E-state index contributed by atoms with van der Waals surface area (Å²) in [5, 5.41) is 16.4. The van der Waals surface area contributed by atoms with Crippen molar-refractivity contribution in [1.82, 2.24) is 31.1 Å². The van der Waals surface area contributed by atoms with Gasteiger partial charge in [-0.3, -0.25) is 19.2 Å². The highest BCUT2D eigenvalue weighted by Crippen LogP contribution is 2.34. The second-order valence-electron chi connectivity index (χ2n) is 22.0. The first-order chi connectivity index (χ1) is 32.2. The van der Waals surface area contributed by atoms with E-state index in [1.54, 1.807) is 101 Å². The SMILES string of the molecule is CCOC(=O)/C(C)=C/[C@H](C(C)C)N(C)C(=O)[C@@H](NC(=O)[C@@H](NC)C(C)(C)c1cccs1)C(C)(C)C.CCOC(=O)/C(C)=C/[C@H](C(C)C)N(C)C(=O)[C@@H](NC(=O)[C@H](NC)C(C)(C)c1cccs1)C(C)(C)C. The second kappa shape index (κ2) is 27.4. The number of nitrogens with zero attached hydrogens (tertiary/aromatic N) is 2. The fourth-order valence-electron chi connectivity index (χ4n) is 8.31. The van der Waals surface area contributed by atoms with Crippen molar-refractivity contribution in [3.8, 4) is 0 Å². The highest BCUT2D eigenvalue weighted by molar-refractivity contribution is 7.10. The highest BCUT2D eigenvalue weighted by Gasteiger charge is 2.44. The first-order valence-corrected chi connectivity index (χ1v) is 26.2. The van der Waals surface area contributed by atoms with Gasteiger partial charge in [0.1, 0.15) is 12.1 Å². The maximum atomic E-state index is 13.8. The molecule has 2 rings (SSSR count). The van der Waals surface area contributed by atoms with Crippen LogP contribution >= 0.6 is 22.7 Å². The minimum absolute atomic E-state index is 0.0486. The quantitative estimate of drug-likeness (QED) is 0.0664. The minimum Gasteiger partial charge on any atom is -0.463 e. The normalized spacial score (nSPS) is 15.4. The molecule has 0 fully saturated rings. The molecule has 6 atom stereocenters. The summed E-state index contributed by atoms with van der Waals surface area (Å²) in [6, 6.07) is 4.74. The van der Waals surface area contributed by atoms with Gasteiger partial charge in [-0.2, -0.15) is 0 Å². The fourth-order valence-corrected chi connectivity index (χ4v) is 10.1. The molecule has 16 heteroatoms. The molecule has 14 nitrogen and oxygen atoms in total. The summed E-state index contributed by atoms with van der Waals surface area (Å²) in [7, 11) is 6.96. The average Bonchev–Trinajstić information content (AvgIpc) is 4.02. The van der Waals surface area contributed by atoms with E-state index >= 15 is 0 Å². The monoisotopic (exact) mass is 1010 g/mol. The van der Waals surface area contributed by atoms with E-state index in [4.69, 9.17) is 9.47 Å². The molecule has 2 heterocycles. The topological polar surface area (TPSA) is 175 Å². The number of thiophene rings is 2. The molecule has 4 amide bonds. The molecule has 0 saturated heterocycles. The van der Waals surface area contributed by atoms with Gasteiger partial charge in [0.05, 0.1) is 37.4 Å². The Labute approximate surface area is 429 Å². The van der Waals surface area contributed by atoms with Crippen LogP contribution in [0, 0.1) is 22.7 Å². The predicted octanol–water partition coefficient (Wildman–Crippen LogP) is 8.27. The molecule has 0 aliphatic carbocycles. The third kappa shape index (κ3) is 17.4. The molecule has 70 heavy (non-hydrogen) atoms. The van der Waals surface area contributed by atoms with Crippen molar-refractivity contribution in [3.63, 3.8) is 0 Å². The number of likely N-dealkylation sites (N-methyl/N-ethyl adjacent to an activating group) is 4. The lowest BCUT2D eigenvalue weighted by molar-refractivity contribution is -0.141. The first-order valence-electron chi connectivity index (χ1n) is 24.5. The van der Waals surface area contributed by atoms with E-state index in [0.29, 0.717) is 11.1 Å². The molecule has 0 saturated carbocycles. The molecule has 0 spiro atoms. The molecule has 0 aliphatic heterocycles. The number of carbonyl (C=O) groups excluding carboxylic acids is 6. The molecule has 0 unspecified atom stereocenters. The molecule has 0 bridgehead atoms. The third-order valence-corrected chi connectivity index (χ3v) is 15.1. The van der Waals surface area contributed by atoms with E-state index < -0.39 is 57.8 Å². The van der Waals surface area contributed by atoms with Crippen molar-refractivity contribution in [1.29, 1.82) is 0 Å². The second-order valence-corrected chi connectivity index (χ2v) is 23.9. The van der Waals surface area contributed by atoms with Crippen LogP contribution in [0.15, 0.2) is 58.3 Å². The molecule has 4 N–H and O–H groups in total. The molecule has 0 aromatic carbocycles. The van der Waals surface area contributed by atoms with Crippen LogP contribution in [0.3, 0.4) is 0 Å². The summed E-state index contributed by atoms with van der Waals surface area (Å²) >= 11 is 3.21. The van der Waals surface area contributed by atoms with Crippen molar-refractivity contribution in [2.45, 2.75) is 172 Å². The largest absolute Gasteiger partial charge is 0.463 e. The fraction of sp³-hybridized carbons (Fsp3) is 0.667. The Hall–Kier alpha value is -4.38. The van der Waals surface area contributed by atoms with Gasteiger partial charge in [-0.05, 0) is 87.3 Å². The molecule has 396 valence electrons. The average molecular weight is 1020 g/mol. The number of amides is 4. The van der Waals surface area contributed by atoms with Crippen LogP contribution < -0.4 is 21.3 Å². The molecular formula is C54H90N6O8S2. The predicted molar refractivity (Wildman–Crippen MR) is 287 cm³/mol. The van der Waals surface area contributed by atoms with Crippen molar-refractivity contribution >= 4 is 58.2 Å². The number of hydrogen-bond acceptors (Lipinski definition) is 12. The van der Waals surface area contributed by atoms with Crippen molar-refractivity contribution < 1.29 is 38.2 Å². The summed E-state index contributed by atoms with van der Waals surface area (Å²) in [5.41, 5.74) is -1.10. The molecular weight excluding hydrogens is 925 g/mol. The van der Waals surface area contributed by atoms with Gasteiger partial charge in [0.15, 0.2) is 0 Å². The lowest BCUT2D eigenvalue weighted by Gasteiger charge is -2.39. The minimum atomic E-state index is -0.757. The van der Waals surface area contributed by atoms with E-state index in [0.717, 1.165) is 9.75 Å². The van der Waals surface area contributed by atoms with Gasteiger partial charge >= 0.3 is 11.9 Å². The van der Waals surface area contributed by atoms with Crippen molar-refractivity contribution in [2.24, 2.45) is 22.7 Å². The smallest absolute Gasteiger partial charge is 0.333 e. The Kier molecular flexibility index (Phi) is 25.0. The summed E-state index contributed by atoms with van der Waals surface area (Å²) in [4.78, 5) is 84.4. The lowest BCUT2D eigenvalue weighted by Crippen LogP contribution is -2.61. The van der Waals surface area contributed by atoms with Gasteiger partial charge in [0.2, 0.25) is 23.6 Å². The zero-order valence-corrected chi connectivity index (χ0v) is 48.3. The van der Waals surface area contributed by atoms with E-state index in [-0.39, 0.29) is 60.8 Å². The summed E-state index contributed by atoms with van der Waals surface area (Å²) in [5.74, 6) is -1.57. The maximum Gasteiger partial charge on any atom is 0.333 e. The zero-order valence-electron chi connectivity index (χ0n) is 46.6. The van der Waals surface area contributed by atoms with Gasteiger partial charge in [0, 0.05) is 45.8 Å². The Balaban J connectivity index is 0.000000700. The van der Waals surface area contributed by atoms with E-state index in [1.807, 2.05) is 132 Å². The van der Waals surface area contributed by atoms with Gasteiger partial charge in [0.25, 0.3) is 0 Å². The highest BCUT2D eigenvalue weighted by atomic mass is 32.1. The van der Waals surface area contributed by atoms with Crippen LogP contribution in [-0.4, -0.2) is 123 Å².